The molecule has 18 heteroatoms. The zero-order chi connectivity index (χ0) is 37.6. The number of alkyl halides is 2. The Morgan fingerprint density at radius 2 is 1.33 bits per heavy atom. The predicted molar refractivity (Wildman–Crippen MR) is 204 cm³/mol. The van der Waals surface area contributed by atoms with E-state index in [0.29, 0.717) is 61.9 Å². The van der Waals surface area contributed by atoms with Gasteiger partial charge in [0.2, 0.25) is 0 Å². The third kappa shape index (κ3) is 7.33. The van der Waals surface area contributed by atoms with Crippen LogP contribution in [0.3, 0.4) is 0 Å². The average Bonchev–Trinajstić information content (AvgIpc) is 3.07. The minimum Gasteiger partial charge on any atom is -0.458 e. The van der Waals surface area contributed by atoms with Gasteiger partial charge in [0.15, 0.2) is 6.61 Å². The SMILES string of the molecule is BCc1cc(CB)c(CB)c(C(=O)OC23CC4CC(OC(=O)c5c(CB)ccc(CB)c5CB)(C2)CC(C(=O)OCC(F)(F)S(=O)(=O)O)(C4)C3)c1. The number of esters is 3. The van der Waals surface area contributed by atoms with Crippen molar-refractivity contribution in [3.05, 3.63) is 68.8 Å². The molecule has 0 aliphatic heterocycles. The number of hydrogen-bond donors (Lipinski definition) is 1. The molecule has 4 saturated carbocycles. The van der Waals surface area contributed by atoms with E-state index < -0.39 is 56.5 Å². The van der Waals surface area contributed by atoms with Gasteiger partial charge in [0.25, 0.3) is 0 Å². The van der Waals surface area contributed by atoms with Gasteiger partial charge in [0, 0.05) is 19.3 Å². The van der Waals surface area contributed by atoms with Crippen molar-refractivity contribution >= 4 is 75.1 Å². The highest BCUT2D eigenvalue weighted by molar-refractivity contribution is 7.86. The number of halogens is 2. The molecule has 2 aromatic rings. The molecular weight excluding hydrogens is 675 g/mol. The third-order valence-corrected chi connectivity index (χ3v) is 12.2. The summed E-state index contributed by atoms with van der Waals surface area (Å²) in [5, 5.41) is -4.73. The lowest BCUT2D eigenvalue weighted by atomic mass is 9.46. The van der Waals surface area contributed by atoms with E-state index in [9.17, 15) is 31.6 Å². The second kappa shape index (κ2) is 14.4. The Hall–Kier alpha value is -2.99. The number of carbonyl (C=O) groups excluding carboxylic acids is 3. The molecule has 4 aliphatic rings. The maximum atomic E-state index is 14.3. The van der Waals surface area contributed by atoms with Gasteiger partial charge in [-0.1, -0.05) is 72.8 Å². The van der Waals surface area contributed by atoms with Crippen molar-refractivity contribution in [3.8, 4) is 0 Å². The first-order valence-electron chi connectivity index (χ1n) is 18.2. The smallest absolute Gasteiger partial charge is 0.402 e. The minimum absolute atomic E-state index is 0.0697. The summed E-state index contributed by atoms with van der Waals surface area (Å²) >= 11 is 0. The molecule has 6 rings (SSSR count). The van der Waals surface area contributed by atoms with Crippen LogP contribution in [0.15, 0.2) is 24.3 Å². The van der Waals surface area contributed by atoms with E-state index in [0.717, 1.165) is 33.4 Å². The van der Waals surface area contributed by atoms with Crippen LogP contribution in [0.5, 0.6) is 0 Å². The molecule has 0 amide bonds. The summed E-state index contributed by atoms with van der Waals surface area (Å²) in [5.41, 5.74) is 2.37. The second-order valence-electron chi connectivity index (χ2n) is 14.8. The maximum Gasteiger partial charge on any atom is 0.402 e. The molecule has 4 fully saturated rings. The van der Waals surface area contributed by atoms with Gasteiger partial charge in [-0.25, -0.2) is 9.59 Å². The summed E-state index contributed by atoms with van der Waals surface area (Å²) in [4.78, 5) is 42.5. The Morgan fingerprint density at radius 1 is 0.765 bits per heavy atom. The molecule has 9 nitrogen and oxygen atoms in total. The Bertz CT molecular complexity index is 1850. The van der Waals surface area contributed by atoms with Gasteiger partial charge in [0.1, 0.15) is 58.3 Å². The lowest BCUT2D eigenvalue weighted by Gasteiger charge is -2.63. The fourth-order valence-corrected chi connectivity index (χ4v) is 9.74. The maximum absolute atomic E-state index is 14.3. The molecule has 4 aliphatic carbocycles. The summed E-state index contributed by atoms with van der Waals surface area (Å²) in [6.07, 6.45) is 4.78. The van der Waals surface area contributed by atoms with Crippen molar-refractivity contribution in [3.63, 3.8) is 0 Å². The van der Waals surface area contributed by atoms with Crippen LogP contribution in [0, 0.1) is 11.3 Å². The molecule has 0 heterocycles. The Balaban J connectivity index is 1.57. The van der Waals surface area contributed by atoms with Gasteiger partial charge >= 0.3 is 33.3 Å². The van der Waals surface area contributed by atoms with Crippen molar-refractivity contribution in [2.45, 2.75) is 92.9 Å². The average molecular weight is 720 g/mol. The topological polar surface area (TPSA) is 133 Å². The second-order valence-corrected chi connectivity index (χ2v) is 16.3. The van der Waals surface area contributed by atoms with Gasteiger partial charge < -0.3 is 14.2 Å². The quantitative estimate of drug-likeness (QED) is 0.113. The molecular formula is C33H44B6F2O9S. The summed E-state index contributed by atoms with van der Waals surface area (Å²) < 4.78 is 78.2. The molecule has 0 radical (unpaired) electrons. The third-order valence-electron chi connectivity index (χ3n) is 11.3. The molecule has 4 bridgehead atoms. The molecule has 2 aromatic carbocycles. The highest BCUT2D eigenvalue weighted by Crippen LogP contribution is 2.66. The first-order valence-corrected chi connectivity index (χ1v) is 19.6. The lowest BCUT2D eigenvalue weighted by molar-refractivity contribution is -0.238. The zero-order valence-corrected chi connectivity index (χ0v) is 31.3. The number of rotatable bonds is 14. The van der Waals surface area contributed by atoms with E-state index in [1.165, 1.54) is 0 Å². The standard InChI is InChI=1S/C33H44B6F2O9S/c34-8-18-3-22(11-37)24(12-38)23(4-18)27(42)49-31-6-19-5-30(14-31,29(44)48-17-33(40,41)51(45,46)47)15-32(7-19,16-31)50-28(43)26-21(10-36)2-1-20(9-35)25(26)13-39/h1-4,19H,5-17,34-39H2,(H,45,46,47). The molecule has 0 spiro atoms. The van der Waals surface area contributed by atoms with E-state index >= 15 is 0 Å². The monoisotopic (exact) mass is 720 g/mol. The largest absolute Gasteiger partial charge is 0.458 e. The molecule has 1 N–H and O–H groups in total. The number of hydrogen-bond acceptors (Lipinski definition) is 8. The Kier molecular flexibility index (Phi) is 11.1. The molecule has 4 unspecified atom stereocenters. The zero-order valence-electron chi connectivity index (χ0n) is 30.5. The van der Waals surface area contributed by atoms with Gasteiger partial charge in [-0.2, -0.15) is 17.2 Å². The van der Waals surface area contributed by atoms with Crippen molar-refractivity contribution in [1.29, 1.82) is 0 Å². The van der Waals surface area contributed by atoms with Crippen molar-refractivity contribution in [2.24, 2.45) is 11.3 Å². The van der Waals surface area contributed by atoms with E-state index in [4.69, 9.17) is 18.8 Å². The fourth-order valence-electron chi connectivity index (χ4n) is 9.53. The Labute approximate surface area is 304 Å². The minimum atomic E-state index is -5.86. The summed E-state index contributed by atoms with van der Waals surface area (Å²) in [5.74, 6) is -2.53. The van der Waals surface area contributed by atoms with Crippen LogP contribution in [0.2, 0.25) is 0 Å². The summed E-state index contributed by atoms with van der Waals surface area (Å²) in [6, 6.07) is 7.86. The van der Waals surface area contributed by atoms with Crippen LogP contribution >= 0.6 is 0 Å². The fraction of sp³-hybridized carbons (Fsp3) is 0.545. The number of carbonyl (C=O) groups is 3. The van der Waals surface area contributed by atoms with Gasteiger partial charge in [-0.15, -0.1) is 0 Å². The number of benzene rings is 2. The molecule has 4 atom stereocenters. The van der Waals surface area contributed by atoms with Crippen molar-refractivity contribution in [1.82, 2.24) is 0 Å². The van der Waals surface area contributed by atoms with Crippen LogP contribution < -0.4 is 0 Å². The van der Waals surface area contributed by atoms with Crippen LogP contribution in [-0.4, -0.2) is 101 Å². The van der Waals surface area contributed by atoms with Gasteiger partial charge in [-0.3, -0.25) is 9.35 Å². The van der Waals surface area contributed by atoms with E-state index in [-0.39, 0.29) is 31.6 Å². The van der Waals surface area contributed by atoms with E-state index in [1.54, 1.807) is 0 Å². The van der Waals surface area contributed by atoms with Gasteiger partial charge in [-0.05, 0) is 47.9 Å². The van der Waals surface area contributed by atoms with Crippen LogP contribution in [0.4, 0.5) is 8.78 Å². The Morgan fingerprint density at radius 3 is 1.86 bits per heavy atom. The molecule has 51 heavy (non-hydrogen) atoms. The van der Waals surface area contributed by atoms with Crippen molar-refractivity contribution in [2.75, 3.05) is 6.61 Å². The summed E-state index contributed by atoms with van der Waals surface area (Å²) in [6.45, 7) is -1.89. The first-order chi connectivity index (χ1) is 23.9. The highest BCUT2D eigenvalue weighted by Gasteiger charge is 2.70. The van der Waals surface area contributed by atoms with Crippen LogP contribution in [-0.2, 0) is 67.0 Å². The normalized spacial score (nSPS) is 25.4. The van der Waals surface area contributed by atoms with E-state index in [2.05, 4.69) is 6.07 Å². The highest BCUT2D eigenvalue weighted by atomic mass is 32.2. The van der Waals surface area contributed by atoms with Crippen LogP contribution in [0.1, 0.15) is 92.6 Å². The molecule has 0 aromatic heterocycles. The van der Waals surface area contributed by atoms with Crippen molar-refractivity contribution < 1.29 is 50.3 Å². The summed E-state index contributed by atoms with van der Waals surface area (Å²) in [7, 11) is 6.06. The molecule has 0 saturated heterocycles. The number of ether oxygens (including phenoxy) is 3. The van der Waals surface area contributed by atoms with E-state index in [1.807, 2.05) is 65.3 Å². The molecule has 268 valence electrons. The van der Waals surface area contributed by atoms with Gasteiger partial charge in [0.05, 0.1) is 16.5 Å². The van der Waals surface area contributed by atoms with Crippen LogP contribution in [0.25, 0.3) is 0 Å². The predicted octanol–water partition coefficient (Wildman–Crippen LogP) is -1.02. The first kappa shape index (κ1) is 39.2. The lowest BCUT2D eigenvalue weighted by Crippen LogP contribution is -2.67.